The number of hydrogen-bond donors (Lipinski definition) is 1. The van der Waals surface area contributed by atoms with Crippen LogP contribution in [0.2, 0.25) is 5.02 Å². The lowest BCUT2D eigenvalue weighted by atomic mass is 10.2. The highest BCUT2D eigenvalue weighted by Gasteiger charge is 2.12. The van der Waals surface area contributed by atoms with Crippen LogP contribution in [0.25, 0.3) is 0 Å². The average molecular weight is 553 g/mol. The fourth-order valence-corrected chi connectivity index (χ4v) is 3.58. The van der Waals surface area contributed by atoms with Crippen LogP contribution in [0.15, 0.2) is 74.7 Å². The van der Waals surface area contributed by atoms with Gasteiger partial charge in [0.15, 0.2) is 11.5 Å². The third-order valence-corrected chi connectivity index (χ3v) is 5.55. The van der Waals surface area contributed by atoms with Gasteiger partial charge >= 0.3 is 0 Å². The molecule has 30 heavy (non-hydrogen) atoms. The standard InChI is InChI=1S/C22H17Br2ClN2O3/c1-29-20-11-14(12-26-27-22(28)15-6-8-17(23)9-7-15)10-18(24)21(20)30-13-16-4-2-3-5-19(16)25/h2-12H,13H2,1H3,(H,27,28)/b26-12+. The monoisotopic (exact) mass is 550 g/mol. The molecular weight excluding hydrogens is 536 g/mol. The van der Waals surface area contributed by atoms with Gasteiger partial charge in [0.25, 0.3) is 5.91 Å². The van der Waals surface area contributed by atoms with Crippen LogP contribution < -0.4 is 14.9 Å². The molecule has 154 valence electrons. The Balaban J connectivity index is 1.70. The van der Waals surface area contributed by atoms with Gasteiger partial charge in [-0.05, 0) is 64.0 Å². The van der Waals surface area contributed by atoms with Gasteiger partial charge in [0.1, 0.15) is 6.61 Å². The van der Waals surface area contributed by atoms with E-state index in [9.17, 15) is 4.79 Å². The molecule has 0 radical (unpaired) electrons. The Bertz CT molecular complexity index is 1070. The predicted molar refractivity (Wildman–Crippen MR) is 126 cm³/mol. The first-order valence-corrected chi connectivity index (χ1v) is 10.8. The molecule has 0 aliphatic rings. The largest absolute Gasteiger partial charge is 0.493 e. The molecule has 8 heteroatoms. The van der Waals surface area contributed by atoms with Gasteiger partial charge in [-0.3, -0.25) is 4.79 Å². The molecule has 0 saturated heterocycles. The molecule has 0 aliphatic heterocycles. The van der Waals surface area contributed by atoms with Crippen molar-refractivity contribution in [3.8, 4) is 11.5 Å². The van der Waals surface area contributed by atoms with E-state index in [0.29, 0.717) is 33.2 Å². The highest BCUT2D eigenvalue weighted by Crippen LogP contribution is 2.37. The number of nitrogens with zero attached hydrogens (tertiary/aromatic N) is 1. The summed E-state index contributed by atoms with van der Waals surface area (Å²) in [4.78, 5) is 12.1. The quantitative estimate of drug-likeness (QED) is 0.280. The van der Waals surface area contributed by atoms with E-state index < -0.39 is 0 Å². The van der Waals surface area contributed by atoms with Crippen molar-refractivity contribution in [2.75, 3.05) is 7.11 Å². The van der Waals surface area contributed by atoms with Crippen molar-refractivity contribution >= 4 is 55.6 Å². The van der Waals surface area contributed by atoms with Gasteiger partial charge < -0.3 is 9.47 Å². The number of nitrogens with one attached hydrogen (secondary N) is 1. The average Bonchev–Trinajstić information content (AvgIpc) is 2.74. The van der Waals surface area contributed by atoms with E-state index in [1.54, 1.807) is 37.4 Å². The summed E-state index contributed by atoms with van der Waals surface area (Å²) in [7, 11) is 1.56. The number of hydrazone groups is 1. The maximum Gasteiger partial charge on any atom is 0.271 e. The van der Waals surface area contributed by atoms with Gasteiger partial charge in [0, 0.05) is 20.6 Å². The Labute approximate surface area is 196 Å². The SMILES string of the molecule is COc1cc(/C=N/NC(=O)c2ccc(Br)cc2)cc(Br)c1OCc1ccccc1Cl. The third-order valence-electron chi connectivity index (χ3n) is 4.07. The first kappa shape index (κ1) is 22.3. The molecule has 3 aromatic rings. The molecule has 0 bridgehead atoms. The second kappa shape index (κ2) is 10.6. The minimum Gasteiger partial charge on any atom is -0.493 e. The molecule has 0 unspecified atom stereocenters. The number of halogens is 3. The number of hydrogen-bond acceptors (Lipinski definition) is 4. The highest BCUT2D eigenvalue weighted by atomic mass is 79.9. The van der Waals surface area contributed by atoms with Gasteiger partial charge in [-0.15, -0.1) is 0 Å². The van der Waals surface area contributed by atoms with Crippen molar-refractivity contribution in [1.29, 1.82) is 0 Å². The summed E-state index contributed by atoms with van der Waals surface area (Å²) in [5.41, 5.74) is 4.61. The first-order valence-electron chi connectivity index (χ1n) is 8.80. The molecule has 0 aromatic heterocycles. The molecule has 0 atom stereocenters. The topological polar surface area (TPSA) is 59.9 Å². The van der Waals surface area contributed by atoms with Crippen LogP contribution in [0.3, 0.4) is 0 Å². The highest BCUT2D eigenvalue weighted by molar-refractivity contribution is 9.10. The normalized spacial score (nSPS) is 10.8. The van der Waals surface area contributed by atoms with Crippen molar-refractivity contribution in [3.05, 3.63) is 91.3 Å². The van der Waals surface area contributed by atoms with Gasteiger partial charge in [-0.2, -0.15) is 5.10 Å². The minimum absolute atomic E-state index is 0.297. The van der Waals surface area contributed by atoms with E-state index in [-0.39, 0.29) is 5.91 Å². The van der Waals surface area contributed by atoms with E-state index in [4.69, 9.17) is 21.1 Å². The number of rotatable bonds is 7. The molecule has 0 fully saturated rings. The molecular formula is C22H17Br2ClN2O3. The summed E-state index contributed by atoms with van der Waals surface area (Å²) >= 11 is 13.0. The van der Waals surface area contributed by atoms with Gasteiger partial charge in [0.2, 0.25) is 0 Å². The minimum atomic E-state index is -0.301. The van der Waals surface area contributed by atoms with Crippen molar-refractivity contribution < 1.29 is 14.3 Å². The zero-order valence-corrected chi connectivity index (χ0v) is 19.8. The zero-order chi connectivity index (χ0) is 21.5. The number of methoxy groups -OCH3 is 1. The van der Waals surface area contributed by atoms with Crippen LogP contribution in [0.4, 0.5) is 0 Å². The molecule has 1 N–H and O–H groups in total. The summed E-state index contributed by atoms with van der Waals surface area (Å²) in [6, 6.07) is 18.1. The summed E-state index contributed by atoms with van der Waals surface area (Å²) in [6.07, 6.45) is 1.53. The number of carbonyl (C=O) groups is 1. The molecule has 0 spiro atoms. The second-order valence-corrected chi connectivity index (χ2v) is 8.30. The Kier molecular flexibility index (Phi) is 7.90. The van der Waals surface area contributed by atoms with Crippen molar-refractivity contribution in [2.45, 2.75) is 6.61 Å². The second-order valence-electron chi connectivity index (χ2n) is 6.12. The van der Waals surface area contributed by atoms with Gasteiger partial charge in [0.05, 0.1) is 17.8 Å². The van der Waals surface area contributed by atoms with Crippen LogP contribution in [-0.4, -0.2) is 19.2 Å². The molecule has 1 amide bonds. The van der Waals surface area contributed by atoms with Crippen molar-refractivity contribution in [3.63, 3.8) is 0 Å². The lowest BCUT2D eigenvalue weighted by molar-refractivity contribution is 0.0955. The number of ether oxygens (including phenoxy) is 2. The number of carbonyl (C=O) groups excluding carboxylic acids is 1. The van der Waals surface area contributed by atoms with Crippen LogP contribution in [-0.2, 0) is 6.61 Å². The predicted octanol–water partition coefficient (Wildman–Crippen LogP) is 6.22. The van der Waals surface area contributed by atoms with E-state index in [1.807, 2.05) is 30.3 Å². The summed E-state index contributed by atoms with van der Waals surface area (Å²) in [5, 5.41) is 4.66. The lowest BCUT2D eigenvalue weighted by Crippen LogP contribution is -2.17. The summed E-state index contributed by atoms with van der Waals surface area (Å²) < 4.78 is 13.0. The fraction of sp³-hybridized carbons (Fsp3) is 0.0909. The Morgan fingerprint density at radius 1 is 1.13 bits per heavy atom. The maximum absolute atomic E-state index is 12.1. The molecule has 5 nitrogen and oxygen atoms in total. The summed E-state index contributed by atoms with van der Waals surface area (Å²) in [5.74, 6) is 0.773. The first-order chi connectivity index (χ1) is 14.5. The van der Waals surface area contributed by atoms with Gasteiger partial charge in [-0.1, -0.05) is 45.7 Å². The van der Waals surface area contributed by atoms with Crippen LogP contribution in [0.1, 0.15) is 21.5 Å². The maximum atomic E-state index is 12.1. The fourth-order valence-electron chi connectivity index (χ4n) is 2.55. The zero-order valence-electron chi connectivity index (χ0n) is 15.9. The summed E-state index contributed by atoms with van der Waals surface area (Å²) in [6.45, 7) is 0.297. The molecule has 3 aromatic carbocycles. The van der Waals surface area contributed by atoms with E-state index >= 15 is 0 Å². The smallest absolute Gasteiger partial charge is 0.271 e. The Morgan fingerprint density at radius 3 is 2.57 bits per heavy atom. The van der Waals surface area contributed by atoms with E-state index in [2.05, 4.69) is 42.4 Å². The van der Waals surface area contributed by atoms with Crippen molar-refractivity contribution in [2.24, 2.45) is 5.10 Å². The Hall–Kier alpha value is -2.35. The number of benzene rings is 3. The molecule has 0 saturated carbocycles. The molecule has 3 rings (SSSR count). The van der Waals surface area contributed by atoms with E-state index in [1.165, 1.54) is 6.21 Å². The molecule has 0 aliphatic carbocycles. The van der Waals surface area contributed by atoms with Crippen LogP contribution in [0.5, 0.6) is 11.5 Å². The van der Waals surface area contributed by atoms with Crippen LogP contribution >= 0.6 is 43.5 Å². The van der Waals surface area contributed by atoms with Gasteiger partial charge in [-0.25, -0.2) is 5.43 Å². The lowest BCUT2D eigenvalue weighted by Gasteiger charge is -2.14. The van der Waals surface area contributed by atoms with Crippen LogP contribution in [0, 0.1) is 0 Å². The van der Waals surface area contributed by atoms with E-state index in [0.717, 1.165) is 15.6 Å². The third kappa shape index (κ3) is 5.84. The van der Waals surface area contributed by atoms with Crippen molar-refractivity contribution in [1.82, 2.24) is 5.43 Å². The number of amides is 1. The Morgan fingerprint density at radius 2 is 1.87 bits per heavy atom. The molecule has 0 heterocycles.